The molecule has 0 radical (unpaired) electrons. The van der Waals surface area contributed by atoms with Crippen LogP contribution in [-0.2, 0) is 5.41 Å². The van der Waals surface area contributed by atoms with Gasteiger partial charge in [-0.15, -0.1) is 0 Å². The molecule has 0 spiro atoms. The van der Waals surface area contributed by atoms with Crippen LogP contribution in [0.5, 0.6) is 0 Å². The molecule has 0 aromatic heterocycles. The molecule has 0 amide bonds. The summed E-state index contributed by atoms with van der Waals surface area (Å²) in [6.07, 6.45) is 0. The molecule has 0 unspecified atom stereocenters. The van der Waals surface area contributed by atoms with Crippen molar-refractivity contribution in [1.29, 1.82) is 0 Å². The first kappa shape index (κ1) is 41.2. The highest BCUT2D eigenvalue weighted by Crippen LogP contribution is 2.60. The van der Waals surface area contributed by atoms with Crippen LogP contribution in [0.3, 0.4) is 0 Å². The molecular formula is C69H47N. The zero-order valence-electron chi connectivity index (χ0n) is 38.6. The molecule has 1 heteroatoms. The Bertz CT molecular complexity index is 3800. The Morgan fingerprint density at radius 3 is 1.21 bits per heavy atom. The molecule has 0 saturated carbocycles. The van der Waals surface area contributed by atoms with Gasteiger partial charge in [0.15, 0.2) is 0 Å². The lowest BCUT2D eigenvalue weighted by atomic mass is 9.68. The minimum Gasteiger partial charge on any atom is -0.309 e. The molecule has 12 aromatic carbocycles. The minimum atomic E-state index is -0.533. The van der Waals surface area contributed by atoms with Crippen molar-refractivity contribution >= 4 is 38.6 Å². The second kappa shape index (κ2) is 17.2. The van der Waals surface area contributed by atoms with Crippen LogP contribution >= 0.6 is 0 Å². The highest BCUT2D eigenvalue weighted by atomic mass is 15.1. The fraction of sp³-hybridized carbons (Fsp3) is 0.0145. The molecule has 0 saturated heterocycles. The summed E-state index contributed by atoms with van der Waals surface area (Å²) in [5.74, 6) is 0. The zero-order chi connectivity index (χ0) is 46.4. The van der Waals surface area contributed by atoms with Crippen molar-refractivity contribution in [2.45, 2.75) is 5.41 Å². The van der Waals surface area contributed by atoms with E-state index in [4.69, 9.17) is 0 Å². The normalized spacial score (nSPS) is 12.4. The van der Waals surface area contributed by atoms with Gasteiger partial charge in [0.25, 0.3) is 0 Å². The van der Waals surface area contributed by atoms with Crippen LogP contribution in [0.2, 0.25) is 0 Å². The van der Waals surface area contributed by atoms with Crippen LogP contribution in [0.25, 0.3) is 77.2 Å². The van der Waals surface area contributed by atoms with Crippen molar-refractivity contribution in [1.82, 2.24) is 0 Å². The lowest BCUT2D eigenvalue weighted by Gasteiger charge is -2.34. The Morgan fingerprint density at radius 2 is 0.629 bits per heavy atom. The third-order valence-corrected chi connectivity index (χ3v) is 14.6. The quantitative estimate of drug-likeness (QED) is 0.140. The molecule has 0 fully saturated rings. The van der Waals surface area contributed by atoms with Crippen LogP contribution in [-0.4, -0.2) is 0 Å². The van der Waals surface area contributed by atoms with E-state index in [0.29, 0.717) is 0 Å². The molecule has 13 rings (SSSR count). The van der Waals surface area contributed by atoms with Crippen LogP contribution in [0.4, 0.5) is 17.1 Å². The summed E-state index contributed by atoms with van der Waals surface area (Å²) in [6, 6.07) is 105. The lowest BCUT2D eigenvalue weighted by Crippen LogP contribution is -2.28. The minimum absolute atomic E-state index is 0.533. The summed E-state index contributed by atoms with van der Waals surface area (Å²) in [5, 5.41) is 5.02. The number of hydrogen-bond acceptors (Lipinski definition) is 1. The van der Waals surface area contributed by atoms with E-state index in [2.05, 4.69) is 290 Å². The number of nitrogens with zero attached hydrogens (tertiary/aromatic N) is 1. The van der Waals surface area contributed by atoms with Gasteiger partial charge in [0.05, 0.1) is 16.8 Å². The maximum atomic E-state index is 2.50. The summed E-state index contributed by atoms with van der Waals surface area (Å²) in [6.45, 7) is 0. The van der Waals surface area contributed by atoms with Crippen LogP contribution in [0.1, 0.15) is 22.3 Å². The molecule has 0 bridgehead atoms. The van der Waals surface area contributed by atoms with E-state index in [0.717, 1.165) is 28.2 Å². The van der Waals surface area contributed by atoms with Crippen molar-refractivity contribution in [2.75, 3.05) is 4.90 Å². The van der Waals surface area contributed by atoms with E-state index in [-0.39, 0.29) is 0 Å². The molecule has 70 heavy (non-hydrogen) atoms. The average Bonchev–Trinajstić information content (AvgIpc) is 3.75. The zero-order valence-corrected chi connectivity index (χ0v) is 38.6. The Kier molecular flexibility index (Phi) is 10.1. The number of rotatable bonds is 9. The molecule has 1 aliphatic rings. The number of hydrogen-bond donors (Lipinski definition) is 0. The van der Waals surface area contributed by atoms with Crippen molar-refractivity contribution in [3.8, 4) is 55.6 Å². The Labute approximate surface area is 409 Å². The first-order valence-electron chi connectivity index (χ1n) is 24.2. The maximum absolute atomic E-state index is 2.50. The fourth-order valence-corrected chi connectivity index (χ4v) is 11.4. The monoisotopic (exact) mass is 889 g/mol. The summed E-state index contributed by atoms with van der Waals surface area (Å²) < 4.78 is 0. The van der Waals surface area contributed by atoms with Crippen molar-refractivity contribution in [3.05, 3.63) is 307 Å². The number of anilines is 3. The first-order chi connectivity index (χ1) is 34.7. The summed E-state index contributed by atoms with van der Waals surface area (Å²) >= 11 is 0. The average molecular weight is 890 g/mol. The van der Waals surface area contributed by atoms with Crippen LogP contribution < -0.4 is 4.90 Å². The molecule has 328 valence electrons. The summed E-state index contributed by atoms with van der Waals surface area (Å²) in [7, 11) is 0. The molecule has 1 nitrogen and oxygen atoms in total. The molecular weight excluding hydrogens is 843 g/mol. The predicted molar refractivity (Wildman–Crippen MR) is 295 cm³/mol. The number of benzene rings is 12. The Hall–Kier alpha value is -9.04. The predicted octanol–water partition coefficient (Wildman–Crippen LogP) is 18.5. The van der Waals surface area contributed by atoms with Gasteiger partial charge in [-0.05, 0) is 113 Å². The van der Waals surface area contributed by atoms with Gasteiger partial charge in [-0.2, -0.15) is 0 Å². The van der Waals surface area contributed by atoms with Crippen LogP contribution in [0, 0.1) is 0 Å². The third kappa shape index (κ3) is 6.78. The largest absolute Gasteiger partial charge is 0.309 e. The standard InChI is InChI=1S/C69H47N/c1-3-22-55(23-4-1)69(56-24-5-2-6-25-56)64-32-13-11-29-63(64)68-65(69)33-17-35-67(68)70(57-46-44-49(45-47-57)48-36-38-52(39-37-48)60-30-15-20-50-18-7-9-26-58(50)60)66-34-14-12-28-62(66)54-42-40-53(41-43-54)61-31-16-21-51-19-8-10-27-59(51)61/h1-47H. The van der Waals surface area contributed by atoms with Crippen molar-refractivity contribution < 1.29 is 0 Å². The second-order valence-corrected chi connectivity index (χ2v) is 18.3. The van der Waals surface area contributed by atoms with E-state index >= 15 is 0 Å². The van der Waals surface area contributed by atoms with Crippen molar-refractivity contribution in [2.24, 2.45) is 0 Å². The van der Waals surface area contributed by atoms with E-state index in [1.54, 1.807) is 0 Å². The topological polar surface area (TPSA) is 3.24 Å². The van der Waals surface area contributed by atoms with E-state index in [1.165, 1.54) is 88.3 Å². The number of fused-ring (bicyclic) bond motifs is 5. The van der Waals surface area contributed by atoms with Gasteiger partial charge in [0.1, 0.15) is 0 Å². The van der Waals surface area contributed by atoms with Crippen LogP contribution in [0.15, 0.2) is 285 Å². The molecule has 0 atom stereocenters. The smallest absolute Gasteiger partial charge is 0.0714 e. The molecule has 0 N–H and O–H groups in total. The highest BCUT2D eigenvalue weighted by Gasteiger charge is 2.47. The van der Waals surface area contributed by atoms with Gasteiger partial charge in [0.2, 0.25) is 0 Å². The molecule has 12 aromatic rings. The van der Waals surface area contributed by atoms with E-state index in [9.17, 15) is 0 Å². The molecule has 0 aliphatic heterocycles. The highest BCUT2D eigenvalue weighted by molar-refractivity contribution is 6.01. The van der Waals surface area contributed by atoms with Gasteiger partial charge < -0.3 is 4.90 Å². The van der Waals surface area contributed by atoms with E-state index in [1.807, 2.05) is 0 Å². The molecule has 1 aliphatic carbocycles. The second-order valence-electron chi connectivity index (χ2n) is 18.3. The van der Waals surface area contributed by atoms with Crippen molar-refractivity contribution in [3.63, 3.8) is 0 Å². The third-order valence-electron chi connectivity index (χ3n) is 14.6. The first-order valence-corrected chi connectivity index (χ1v) is 24.2. The van der Waals surface area contributed by atoms with Gasteiger partial charge in [0, 0.05) is 16.8 Å². The van der Waals surface area contributed by atoms with Gasteiger partial charge >= 0.3 is 0 Å². The summed E-state index contributed by atoms with van der Waals surface area (Å²) in [5.41, 5.74) is 19.9. The molecule has 0 heterocycles. The van der Waals surface area contributed by atoms with Gasteiger partial charge in [-0.3, -0.25) is 0 Å². The van der Waals surface area contributed by atoms with E-state index < -0.39 is 5.41 Å². The maximum Gasteiger partial charge on any atom is 0.0714 e. The van der Waals surface area contributed by atoms with Gasteiger partial charge in [-0.1, -0.05) is 261 Å². The van der Waals surface area contributed by atoms with Gasteiger partial charge in [-0.25, -0.2) is 0 Å². The summed E-state index contributed by atoms with van der Waals surface area (Å²) in [4.78, 5) is 2.50. The fourth-order valence-electron chi connectivity index (χ4n) is 11.4. The number of para-hydroxylation sites is 1. The SMILES string of the molecule is c1ccc(C2(c3ccccc3)c3ccccc3-c3c(N(c4ccc(-c5ccc(-c6cccc7ccccc67)cc5)cc4)c4ccccc4-c4ccc(-c5cccc6ccccc56)cc4)cccc32)cc1. The Morgan fingerprint density at radius 1 is 0.243 bits per heavy atom. The lowest BCUT2D eigenvalue weighted by molar-refractivity contribution is 0.768. The Balaban J connectivity index is 0.981.